The van der Waals surface area contributed by atoms with E-state index in [0.717, 1.165) is 5.56 Å². The summed E-state index contributed by atoms with van der Waals surface area (Å²) in [5, 5.41) is 4.08. The SMILES string of the molecule is CCn1cc(N)cc1C(=O)NCCc1ccc(Cl)cc1Cl. The van der Waals surface area contributed by atoms with Gasteiger partial charge in [-0.05, 0) is 37.1 Å². The summed E-state index contributed by atoms with van der Waals surface area (Å²) >= 11 is 11.9. The first kappa shape index (κ1) is 15.7. The molecule has 0 saturated carbocycles. The van der Waals surface area contributed by atoms with Crippen LogP contribution in [0.1, 0.15) is 23.0 Å². The first-order chi connectivity index (χ1) is 10.0. The fraction of sp³-hybridized carbons (Fsp3) is 0.267. The molecule has 1 amide bonds. The summed E-state index contributed by atoms with van der Waals surface area (Å²) in [6.45, 7) is 3.15. The number of aryl methyl sites for hydroxylation is 1. The lowest BCUT2D eigenvalue weighted by molar-refractivity contribution is 0.0945. The second-order valence-corrected chi connectivity index (χ2v) is 5.53. The number of nitrogens with one attached hydrogen (secondary N) is 1. The lowest BCUT2D eigenvalue weighted by Gasteiger charge is -2.08. The zero-order chi connectivity index (χ0) is 15.4. The van der Waals surface area contributed by atoms with Gasteiger partial charge in [-0.15, -0.1) is 0 Å². The van der Waals surface area contributed by atoms with E-state index in [0.29, 0.717) is 40.9 Å². The molecule has 0 aliphatic carbocycles. The summed E-state index contributed by atoms with van der Waals surface area (Å²) in [7, 11) is 0. The molecule has 4 nitrogen and oxygen atoms in total. The van der Waals surface area contributed by atoms with Crippen molar-refractivity contribution in [2.24, 2.45) is 0 Å². The van der Waals surface area contributed by atoms with Crippen LogP contribution in [-0.2, 0) is 13.0 Å². The van der Waals surface area contributed by atoms with Gasteiger partial charge in [0.2, 0.25) is 0 Å². The average Bonchev–Trinajstić information content (AvgIpc) is 2.82. The summed E-state index contributed by atoms with van der Waals surface area (Å²) in [4.78, 5) is 12.1. The minimum atomic E-state index is -0.140. The Morgan fingerprint density at radius 2 is 2.10 bits per heavy atom. The number of hydrogen-bond donors (Lipinski definition) is 2. The first-order valence-electron chi connectivity index (χ1n) is 6.69. The molecule has 0 atom stereocenters. The predicted molar refractivity (Wildman–Crippen MR) is 87.0 cm³/mol. The number of nitrogen functional groups attached to an aromatic ring is 1. The molecule has 0 unspecified atom stereocenters. The summed E-state index contributed by atoms with van der Waals surface area (Å²) in [6, 6.07) is 7.02. The molecule has 0 bridgehead atoms. The zero-order valence-corrected chi connectivity index (χ0v) is 13.2. The van der Waals surface area contributed by atoms with Gasteiger partial charge >= 0.3 is 0 Å². The molecule has 1 heterocycles. The van der Waals surface area contributed by atoms with Gasteiger partial charge < -0.3 is 15.6 Å². The van der Waals surface area contributed by atoms with Crippen LogP contribution in [-0.4, -0.2) is 17.0 Å². The molecule has 0 aliphatic heterocycles. The molecule has 0 saturated heterocycles. The van der Waals surface area contributed by atoms with Crippen LogP contribution < -0.4 is 11.1 Å². The monoisotopic (exact) mass is 325 g/mol. The van der Waals surface area contributed by atoms with Crippen molar-refractivity contribution in [1.29, 1.82) is 0 Å². The minimum Gasteiger partial charge on any atom is -0.397 e. The summed E-state index contributed by atoms with van der Waals surface area (Å²) in [5.41, 5.74) is 7.82. The van der Waals surface area contributed by atoms with Crippen molar-refractivity contribution in [3.05, 3.63) is 51.8 Å². The van der Waals surface area contributed by atoms with Gasteiger partial charge in [0.05, 0.1) is 5.69 Å². The molecule has 21 heavy (non-hydrogen) atoms. The molecule has 0 fully saturated rings. The smallest absolute Gasteiger partial charge is 0.267 e. The highest BCUT2D eigenvalue weighted by molar-refractivity contribution is 6.35. The molecule has 6 heteroatoms. The molecule has 2 aromatic rings. The summed E-state index contributed by atoms with van der Waals surface area (Å²) < 4.78 is 1.82. The van der Waals surface area contributed by atoms with E-state index in [9.17, 15) is 4.79 Å². The van der Waals surface area contributed by atoms with Crippen molar-refractivity contribution >= 4 is 34.8 Å². The maximum atomic E-state index is 12.1. The van der Waals surface area contributed by atoms with Crippen LogP contribution in [0.5, 0.6) is 0 Å². The number of hydrogen-bond acceptors (Lipinski definition) is 2. The highest BCUT2D eigenvalue weighted by atomic mass is 35.5. The van der Waals surface area contributed by atoms with Crippen molar-refractivity contribution in [3.63, 3.8) is 0 Å². The molecule has 1 aromatic carbocycles. The fourth-order valence-corrected chi connectivity index (χ4v) is 2.61. The van der Waals surface area contributed by atoms with Crippen LogP contribution in [0, 0.1) is 0 Å². The normalized spacial score (nSPS) is 10.6. The minimum absolute atomic E-state index is 0.140. The van der Waals surface area contributed by atoms with Crippen molar-refractivity contribution in [3.8, 4) is 0 Å². The number of carbonyl (C=O) groups excluding carboxylic acids is 1. The molecular formula is C15H17Cl2N3O. The fourth-order valence-electron chi connectivity index (χ4n) is 2.11. The van der Waals surface area contributed by atoms with Gasteiger partial charge in [0, 0.05) is 29.3 Å². The van der Waals surface area contributed by atoms with Crippen LogP contribution in [0.15, 0.2) is 30.5 Å². The lowest BCUT2D eigenvalue weighted by atomic mass is 10.1. The van der Waals surface area contributed by atoms with Gasteiger partial charge in [0.25, 0.3) is 5.91 Å². The number of benzene rings is 1. The van der Waals surface area contributed by atoms with E-state index < -0.39 is 0 Å². The third kappa shape index (κ3) is 3.93. The van der Waals surface area contributed by atoms with E-state index in [1.54, 1.807) is 24.4 Å². The Bertz CT molecular complexity index is 652. The van der Waals surface area contributed by atoms with Gasteiger partial charge in [-0.25, -0.2) is 0 Å². The predicted octanol–water partition coefficient (Wildman–Crippen LogP) is 3.37. The third-order valence-electron chi connectivity index (χ3n) is 3.19. The van der Waals surface area contributed by atoms with Gasteiger partial charge in [-0.3, -0.25) is 4.79 Å². The summed E-state index contributed by atoms with van der Waals surface area (Å²) in [6.07, 6.45) is 2.40. The molecule has 0 radical (unpaired) electrons. The first-order valence-corrected chi connectivity index (χ1v) is 7.44. The van der Waals surface area contributed by atoms with Gasteiger partial charge in [-0.1, -0.05) is 29.3 Å². The topological polar surface area (TPSA) is 60.0 Å². The Balaban J connectivity index is 1.95. The maximum Gasteiger partial charge on any atom is 0.267 e. The van der Waals surface area contributed by atoms with E-state index >= 15 is 0 Å². The molecule has 0 aliphatic rings. The zero-order valence-electron chi connectivity index (χ0n) is 11.7. The van der Waals surface area contributed by atoms with Crippen LogP contribution in [0.4, 0.5) is 5.69 Å². The average molecular weight is 326 g/mol. The van der Waals surface area contributed by atoms with E-state index in [4.69, 9.17) is 28.9 Å². The third-order valence-corrected chi connectivity index (χ3v) is 3.77. The standard InChI is InChI=1S/C15H17Cl2N3O/c1-2-20-9-12(18)8-14(20)15(21)19-6-5-10-3-4-11(16)7-13(10)17/h3-4,7-9H,2,5-6,18H2,1H3,(H,19,21). The number of carbonyl (C=O) groups is 1. The Kier molecular flexibility index (Phi) is 5.15. The van der Waals surface area contributed by atoms with Crippen LogP contribution >= 0.6 is 23.2 Å². The second-order valence-electron chi connectivity index (χ2n) is 4.69. The second kappa shape index (κ2) is 6.87. The van der Waals surface area contributed by atoms with E-state index in [-0.39, 0.29) is 5.91 Å². The van der Waals surface area contributed by atoms with Crippen molar-refractivity contribution in [2.45, 2.75) is 19.9 Å². The van der Waals surface area contributed by atoms with Crippen molar-refractivity contribution in [2.75, 3.05) is 12.3 Å². The largest absolute Gasteiger partial charge is 0.397 e. The number of nitrogens with zero attached hydrogens (tertiary/aromatic N) is 1. The van der Waals surface area contributed by atoms with Gasteiger partial charge in [0.1, 0.15) is 5.69 Å². The van der Waals surface area contributed by atoms with Crippen molar-refractivity contribution in [1.82, 2.24) is 9.88 Å². The highest BCUT2D eigenvalue weighted by Crippen LogP contribution is 2.21. The number of halogens is 2. The van der Waals surface area contributed by atoms with Crippen LogP contribution in [0.25, 0.3) is 0 Å². The number of nitrogens with two attached hydrogens (primary N) is 1. The Morgan fingerprint density at radius 1 is 1.33 bits per heavy atom. The molecule has 0 spiro atoms. The molecule has 2 rings (SSSR count). The van der Waals surface area contributed by atoms with Gasteiger partial charge in [0.15, 0.2) is 0 Å². The number of amides is 1. The van der Waals surface area contributed by atoms with E-state index in [1.165, 1.54) is 0 Å². The van der Waals surface area contributed by atoms with Gasteiger partial charge in [-0.2, -0.15) is 0 Å². The Morgan fingerprint density at radius 3 is 2.76 bits per heavy atom. The van der Waals surface area contributed by atoms with E-state index in [2.05, 4.69) is 5.32 Å². The molecule has 3 N–H and O–H groups in total. The van der Waals surface area contributed by atoms with E-state index in [1.807, 2.05) is 17.6 Å². The van der Waals surface area contributed by atoms with Crippen LogP contribution in [0.2, 0.25) is 10.0 Å². The molecular weight excluding hydrogens is 309 g/mol. The number of anilines is 1. The van der Waals surface area contributed by atoms with Crippen molar-refractivity contribution < 1.29 is 4.79 Å². The molecule has 112 valence electrons. The maximum absolute atomic E-state index is 12.1. The number of aromatic nitrogens is 1. The quantitative estimate of drug-likeness (QED) is 0.885. The highest BCUT2D eigenvalue weighted by Gasteiger charge is 2.11. The Hall–Kier alpha value is -1.65. The van der Waals surface area contributed by atoms with Crippen LogP contribution in [0.3, 0.4) is 0 Å². The number of rotatable bonds is 5. The summed E-state index contributed by atoms with van der Waals surface area (Å²) in [5.74, 6) is -0.140. The Labute approximate surface area is 133 Å². The lowest BCUT2D eigenvalue weighted by Crippen LogP contribution is -2.27. The molecule has 1 aromatic heterocycles.